The minimum atomic E-state index is 0. The van der Waals surface area contributed by atoms with Gasteiger partial charge in [-0.1, -0.05) is 0 Å². The fraction of sp³-hybridized carbons (Fsp3) is 0.667. The second kappa shape index (κ2) is 9.34. The second-order valence-electron chi connectivity index (χ2n) is 0.756. The molecule has 0 atom stereocenters. The normalized spacial score (nSPS) is 6.43. The van der Waals surface area contributed by atoms with Crippen LogP contribution in [-0.4, -0.2) is 19.6 Å². The average molecular weight is 153 g/mol. The van der Waals surface area contributed by atoms with Crippen LogP contribution in [0.5, 0.6) is 0 Å². The third kappa shape index (κ3) is 10.7. The molecule has 0 saturated carbocycles. The summed E-state index contributed by atoms with van der Waals surface area (Å²) in [5.41, 5.74) is 4.93. The van der Waals surface area contributed by atoms with E-state index in [9.17, 15) is 4.79 Å². The minimum Gasteiger partial charge on any atom is -0.467 e. The van der Waals surface area contributed by atoms with Gasteiger partial charge in [-0.15, -0.1) is 0 Å². The first-order valence-corrected chi connectivity index (χ1v) is 1.67. The maximum Gasteiger partial charge on any atom is 0.293 e. The van der Waals surface area contributed by atoms with Gasteiger partial charge in [0.25, 0.3) is 6.47 Å². The van der Waals surface area contributed by atoms with Crippen LogP contribution in [0.25, 0.3) is 0 Å². The molecule has 0 aliphatic heterocycles. The van der Waals surface area contributed by atoms with Crippen molar-refractivity contribution in [1.82, 2.24) is 0 Å². The molecule has 47 valence electrons. The van der Waals surface area contributed by atoms with Crippen molar-refractivity contribution in [2.24, 2.45) is 5.73 Å². The van der Waals surface area contributed by atoms with Gasteiger partial charge in [0.15, 0.2) is 0 Å². The van der Waals surface area contributed by atoms with Gasteiger partial charge in [-0.25, -0.2) is 0 Å². The van der Waals surface area contributed by atoms with Crippen LogP contribution in [0.15, 0.2) is 0 Å². The first kappa shape index (κ1) is 10.0. The molecule has 4 heteroatoms. The number of rotatable bonds is 3. The third-order valence-electron chi connectivity index (χ3n) is 0.304. The molecule has 0 heterocycles. The summed E-state index contributed by atoms with van der Waals surface area (Å²) in [5, 5.41) is 0. The molecule has 0 fully saturated rings. The smallest absolute Gasteiger partial charge is 0.293 e. The van der Waals surface area contributed by atoms with Crippen LogP contribution in [0.4, 0.5) is 0 Å². The van der Waals surface area contributed by atoms with Crippen molar-refractivity contribution in [3.8, 4) is 0 Å². The molecule has 3 nitrogen and oxygen atoms in total. The number of carbonyl (C=O) groups is 1. The monoisotopic (exact) mass is 152 g/mol. The van der Waals surface area contributed by atoms with Crippen LogP contribution >= 0.6 is 0 Å². The number of hydrogen-bond donors (Lipinski definition) is 1. The Labute approximate surface area is 52.7 Å². The van der Waals surface area contributed by atoms with E-state index in [0.717, 1.165) is 0 Å². The third-order valence-corrected chi connectivity index (χ3v) is 0.304. The van der Waals surface area contributed by atoms with Gasteiger partial charge in [-0.05, 0) is 0 Å². The molecule has 0 aliphatic carbocycles. The molecule has 0 unspecified atom stereocenters. The van der Waals surface area contributed by atoms with E-state index in [-0.39, 0.29) is 17.1 Å². The van der Waals surface area contributed by atoms with Crippen molar-refractivity contribution in [1.29, 1.82) is 0 Å². The maximum atomic E-state index is 9.29. The Morgan fingerprint density at radius 2 is 2.29 bits per heavy atom. The van der Waals surface area contributed by atoms with Crippen LogP contribution in [0.2, 0.25) is 0 Å². The zero-order chi connectivity index (χ0) is 4.83. The first-order chi connectivity index (χ1) is 2.91. The predicted molar refractivity (Wildman–Crippen MR) is 21.1 cm³/mol. The fourth-order valence-electron chi connectivity index (χ4n) is 0.116. The molecule has 0 spiro atoms. The van der Waals surface area contributed by atoms with Gasteiger partial charge in [0, 0.05) is 23.6 Å². The fourth-order valence-corrected chi connectivity index (χ4v) is 0.116. The van der Waals surface area contributed by atoms with Gasteiger partial charge < -0.3 is 10.5 Å². The second-order valence-corrected chi connectivity index (χ2v) is 0.756. The molecule has 7 heavy (non-hydrogen) atoms. The summed E-state index contributed by atoms with van der Waals surface area (Å²) in [7, 11) is 0. The molecule has 0 saturated heterocycles. The Morgan fingerprint density at radius 3 is 2.43 bits per heavy atom. The minimum absolute atomic E-state index is 0. The predicted octanol–water partition coefficient (Wildman–Crippen LogP) is -0.884. The number of nitrogens with two attached hydrogens (primary N) is 1. The molecule has 0 aliphatic rings. The molecule has 0 aromatic rings. The van der Waals surface area contributed by atoms with Crippen molar-refractivity contribution < 1.29 is 26.6 Å². The average Bonchev–Trinajstić information content (AvgIpc) is 1.61. The summed E-state index contributed by atoms with van der Waals surface area (Å²) in [4.78, 5) is 9.29. The van der Waals surface area contributed by atoms with Crippen LogP contribution in [-0.2, 0) is 26.6 Å². The Balaban J connectivity index is 0. The summed E-state index contributed by atoms with van der Waals surface area (Å²) in [6, 6.07) is 0. The van der Waals surface area contributed by atoms with E-state index in [2.05, 4.69) is 4.74 Å². The topological polar surface area (TPSA) is 52.3 Å². The molecule has 0 bridgehead atoms. The van der Waals surface area contributed by atoms with Crippen LogP contribution in [0, 0.1) is 0 Å². The van der Waals surface area contributed by atoms with Crippen molar-refractivity contribution in [3.63, 3.8) is 0 Å². The molecule has 0 amide bonds. The zero-order valence-corrected chi connectivity index (χ0v) is 4.63. The Kier molecular flexibility index (Phi) is 13.4. The van der Waals surface area contributed by atoms with E-state index in [1.54, 1.807) is 0 Å². The van der Waals surface area contributed by atoms with Crippen molar-refractivity contribution >= 4 is 6.47 Å². The number of hydrogen-bond acceptors (Lipinski definition) is 3. The van der Waals surface area contributed by atoms with E-state index in [0.29, 0.717) is 19.6 Å². The quantitative estimate of drug-likeness (QED) is 0.325. The van der Waals surface area contributed by atoms with Crippen LogP contribution < -0.4 is 5.73 Å². The van der Waals surface area contributed by atoms with E-state index in [1.807, 2.05) is 0 Å². The molecule has 0 aromatic carbocycles. The molecule has 1 radical (unpaired) electrons. The Morgan fingerprint density at radius 1 is 1.71 bits per heavy atom. The van der Waals surface area contributed by atoms with Crippen molar-refractivity contribution in [2.45, 2.75) is 0 Å². The Hall–Kier alpha value is -0.0505. The van der Waals surface area contributed by atoms with Gasteiger partial charge in [-0.2, -0.15) is 0 Å². The summed E-state index contributed by atoms with van der Waals surface area (Å²) >= 11 is 0. The number of carbonyl (C=O) groups excluding carboxylic acids is 1. The molecule has 0 rings (SSSR count). The van der Waals surface area contributed by atoms with E-state index in [1.165, 1.54) is 0 Å². The molecular formula is C3H7CuNO2. The molecule has 0 aromatic heterocycles. The van der Waals surface area contributed by atoms with E-state index < -0.39 is 0 Å². The zero-order valence-electron chi connectivity index (χ0n) is 3.69. The van der Waals surface area contributed by atoms with Crippen molar-refractivity contribution in [3.05, 3.63) is 0 Å². The van der Waals surface area contributed by atoms with Gasteiger partial charge in [0.2, 0.25) is 0 Å². The van der Waals surface area contributed by atoms with E-state index in [4.69, 9.17) is 5.73 Å². The SMILES string of the molecule is NCCOC=O.[Cu]. The summed E-state index contributed by atoms with van der Waals surface area (Å²) in [5.74, 6) is 0. The van der Waals surface area contributed by atoms with Crippen LogP contribution in [0.3, 0.4) is 0 Å². The van der Waals surface area contributed by atoms with E-state index >= 15 is 0 Å². The molecular weight excluding hydrogens is 146 g/mol. The van der Waals surface area contributed by atoms with Gasteiger partial charge in [0.05, 0.1) is 0 Å². The van der Waals surface area contributed by atoms with Gasteiger partial charge >= 0.3 is 0 Å². The summed E-state index contributed by atoms with van der Waals surface area (Å²) < 4.78 is 4.18. The van der Waals surface area contributed by atoms with Gasteiger partial charge in [-0.3, -0.25) is 4.79 Å². The standard InChI is InChI=1S/C3H7NO2.Cu/c4-1-2-6-3-5;/h3H,1-2,4H2;. The van der Waals surface area contributed by atoms with Crippen LogP contribution in [0.1, 0.15) is 0 Å². The first-order valence-electron chi connectivity index (χ1n) is 1.67. The summed E-state index contributed by atoms with van der Waals surface area (Å²) in [6.07, 6.45) is 0. The molecule has 2 N–H and O–H groups in total. The Bertz CT molecular complexity index is 41.9. The maximum absolute atomic E-state index is 9.29. The van der Waals surface area contributed by atoms with Gasteiger partial charge in [0.1, 0.15) is 6.61 Å². The number of ether oxygens (including phenoxy) is 1. The summed E-state index contributed by atoms with van der Waals surface area (Å²) in [6.45, 7) is 1.11. The largest absolute Gasteiger partial charge is 0.467 e. The van der Waals surface area contributed by atoms with Crippen molar-refractivity contribution in [2.75, 3.05) is 13.2 Å².